The molecule has 1 amide bonds. The van der Waals surface area contributed by atoms with Crippen LogP contribution in [0.15, 0.2) is 84.2 Å². The summed E-state index contributed by atoms with van der Waals surface area (Å²) in [4.78, 5) is 47.4. The number of benzene rings is 1. The highest BCUT2D eigenvalue weighted by atomic mass is 16.4. The molecule has 206 valence electrons. The van der Waals surface area contributed by atoms with Crippen molar-refractivity contribution < 1.29 is 14.7 Å². The van der Waals surface area contributed by atoms with Crippen molar-refractivity contribution in [3.8, 4) is 22.4 Å². The van der Waals surface area contributed by atoms with Crippen molar-refractivity contribution in [2.75, 3.05) is 0 Å². The lowest BCUT2D eigenvalue weighted by Crippen LogP contribution is -2.40. The van der Waals surface area contributed by atoms with Crippen LogP contribution in [0, 0.1) is 19.8 Å². The number of carbonyl (C=O) groups is 2. The van der Waals surface area contributed by atoms with Crippen molar-refractivity contribution in [1.82, 2.24) is 19.9 Å². The molecule has 4 aromatic rings. The van der Waals surface area contributed by atoms with Crippen molar-refractivity contribution in [2.45, 2.75) is 52.6 Å². The maximum Gasteiger partial charge on any atom is 0.305 e. The number of hydrogen-bond donors (Lipinski definition) is 2. The van der Waals surface area contributed by atoms with Crippen molar-refractivity contribution in [1.29, 1.82) is 0 Å². The number of aromatic nitrogens is 3. The van der Waals surface area contributed by atoms with E-state index in [-0.39, 0.29) is 17.9 Å². The maximum absolute atomic E-state index is 13.8. The van der Waals surface area contributed by atoms with Gasteiger partial charge in [0, 0.05) is 42.0 Å². The molecule has 2 atom stereocenters. The molecule has 40 heavy (non-hydrogen) atoms. The normalized spacial score (nSPS) is 12.6. The Labute approximate surface area is 233 Å². The molecular weight excluding hydrogens is 504 g/mol. The lowest BCUT2D eigenvalue weighted by molar-refractivity contribution is -0.138. The van der Waals surface area contributed by atoms with E-state index < -0.39 is 24.0 Å². The smallest absolute Gasteiger partial charge is 0.305 e. The molecule has 0 aliphatic rings. The third-order valence-corrected chi connectivity index (χ3v) is 6.86. The molecule has 1 aromatic carbocycles. The van der Waals surface area contributed by atoms with Crippen LogP contribution in [0.5, 0.6) is 0 Å². The van der Waals surface area contributed by atoms with Crippen LogP contribution in [0.25, 0.3) is 22.4 Å². The average molecular weight is 539 g/mol. The number of aryl methyl sites for hydroxylation is 2. The summed E-state index contributed by atoms with van der Waals surface area (Å²) in [5.74, 6) is -1.40. The molecule has 8 heteroatoms. The summed E-state index contributed by atoms with van der Waals surface area (Å²) in [6.07, 6.45) is 6.69. The SMILES string of the molecule is Cc1cccc(C)c1-c1cncc([C@H](CC(=O)O)NC(=O)[C@H](CC(C)C)n2cc(-c3ccccn3)ccc2=O)c1. The van der Waals surface area contributed by atoms with Gasteiger partial charge in [-0.25, -0.2) is 0 Å². The van der Waals surface area contributed by atoms with Crippen LogP contribution in [0.1, 0.15) is 55.5 Å². The Morgan fingerprint density at radius 1 is 0.975 bits per heavy atom. The molecule has 0 saturated heterocycles. The van der Waals surface area contributed by atoms with Crippen LogP contribution in [-0.4, -0.2) is 31.5 Å². The molecule has 0 aliphatic heterocycles. The van der Waals surface area contributed by atoms with Crippen molar-refractivity contribution in [3.63, 3.8) is 0 Å². The predicted molar refractivity (Wildman–Crippen MR) is 155 cm³/mol. The van der Waals surface area contributed by atoms with Gasteiger partial charge in [-0.2, -0.15) is 0 Å². The summed E-state index contributed by atoms with van der Waals surface area (Å²) < 4.78 is 1.42. The Morgan fingerprint density at radius 2 is 1.73 bits per heavy atom. The number of pyridine rings is 3. The van der Waals surface area contributed by atoms with E-state index in [1.807, 2.05) is 64.1 Å². The van der Waals surface area contributed by atoms with Crippen LogP contribution in [0.4, 0.5) is 0 Å². The zero-order valence-electron chi connectivity index (χ0n) is 23.2. The van der Waals surface area contributed by atoms with Gasteiger partial charge in [0.15, 0.2) is 0 Å². The number of carboxylic acids is 1. The Bertz CT molecular complexity index is 1540. The molecular formula is C32H34N4O4. The summed E-state index contributed by atoms with van der Waals surface area (Å²) >= 11 is 0. The second-order valence-corrected chi connectivity index (χ2v) is 10.5. The van der Waals surface area contributed by atoms with E-state index in [1.54, 1.807) is 36.9 Å². The largest absolute Gasteiger partial charge is 0.481 e. The van der Waals surface area contributed by atoms with Crippen molar-refractivity contribution in [2.24, 2.45) is 5.92 Å². The average Bonchev–Trinajstić information content (AvgIpc) is 2.92. The van der Waals surface area contributed by atoms with Gasteiger partial charge in [-0.05, 0) is 72.7 Å². The fourth-order valence-corrected chi connectivity index (χ4v) is 4.98. The first-order valence-corrected chi connectivity index (χ1v) is 13.3. The van der Waals surface area contributed by atoms with E-state index in [4.69, 9.17) is 0 Å². The van der Waals surface area contributed by atoms with E-state index in [9.17, 15) is 19.5 Å². The fraction of sp³-hybridized carbons (Fsp3) is 0.281. The number of carbonyl (C=O) groups excluding carboxylic acids is 1. The quantitative estimate of drug-likeness (QED) is 0.275. The molecule has 3 heterocycles. The van der Waals surface area contributed by atoms with Gasteiger partial charge in [0.25, 0.3) is 5.56 Å². The number of hydrogen-bond acceptors (Lipinski definition) is 5. The summed E-state index contributed by atoms with van der Waals surface area (Å²) in [7, 11) is 0. The molecule has 0 radical (unpaired) electrons. The standard InChI is InChI=1S/C32H34N4O4/c1-20(2)14-28(36-19-23(11-12-29(36)37)26-10-5-6-13-34-26)32(40)35-27(16-30(38)39)24-15-25(18-33-17-24)31-21(3)8-7-9-22(31)4/h5-13,15,17-20,27-28H,14,16H2,1-4H3,(H,35,40)(H,38,39)/t27-,28-/m0/s1. The van der Waals surface area contributed by atoms with Crippen molar-refractivity contribution >= 4 is 11.9 Å². The molecule has 0 saturated carbocycles. The van der Waals surface area contributed by atoms with Crippen LogP contribution < -0.4 is 10.9 Å². The minimum atomic E-state index is -1.06. The van der Waals surface area contributed by atoms with Gasteiger partial charge in [0.1, 0.15) is 6.04 Å². The number of nitrogens with zero attached hydrogens (tertiary/aromatic N) is 3. The van der Waals surface area contributed by atoms with Crippen LogP contribution in [0.3, 0.4) is 0 Å². The zero-order valence-corrected chi connectivity index (χ0v) is 23.2. The monoisotopic (exact) mass is 538 g/mol. The molecule has 0 unspecified atom stereocenters. The summed E-state index contributed by atoms with van der Waals surface area (Å²) in [6, 6.07) is 14.8. The van der Waals surface area contributed by atoms with Gasteiger partial charge in [0.05, 0.1) is 18.2 Å². The Hall–Kier alpha value is -4.59. The topological polar surface area (TPSA) is 114 Å². The van der Waals surface area contributed by atoms with Gasteiger partial charge in [-0.1, -0.05) is 38.1 Å². The third kappa shape index (κ3) is 6.69. The number of amides is 1. The second kappa shape index (κ2) is 12.5. The van der Waals surface area contributed by atoms with E-state index in [0.29, 0.717) is 23.2 Å². The lowest BCUT2D eigenvalue weighted by atomic mass is 9.94. The second-order valence-electron chi connectivity index (χ2n) is 10.5. The van der Waals surface area contributed by atoms with Gasteiger partial charge in [0.2, 0.25) is 5.91 Å². The third-order valence-electron chi connectivity index (χ3n) is 6.86. The summed E-state index contributed by atoms with van der Waals surface area (Å²) in [6.45, 7) is 7.97. The van der Waals surface area contributed by atoms with Gasteiger partial charge >= 0.3 is 5.97 Å². The van der Waals surface area contributed by atoms with Gasteiger partial charge in [-0.3, -0.25) is 24.4 Å². The Morgan fingerprint density at radius 3 is 2.38 bits per heavy atom. The Balaban J connectivity index is 1.71. The van der Waals surface area contributed by atoms with E-state index in [0.717, 1.165) is 22.3 Å². The number of nitrogens with one attached hydrogen (secondary N) is 1. The van der Waals surface area contributed by atoms with Crippen LogP contribution in [0.2, 0.25) is 0 Å². The first kappa shape index (κ1) is 28.4. The molecule has 3 aromatic heterocycles. The molecule has 0 aliphatic carbocycles. The zero-order chi connectivity index (χ0) is 28.8. The summed E-state index contributed by atoms with van der Waals surface area (Å²) in [5.41, 5.74) is 5.64. The predicted octanol–water partition coefficient (Wildman–Crippen LogP) is 5.51. The number of rotatable bonds is 10. The molecule has 0 bridgehead atoms. The summed E-state index contributed by atoms with van der Waals surface area (Å²) in [5, 5.41) is 12.6. The molecule has 2 N–H and O–H groups in total. The number of carboxylic acid groups (broad SMARTS) is 1. The first-order valence-electron chi connectivity index (χ1n) is 13.3. The van der Waals surface area contributed by atoms with Crippen molar-refractivity contribution in [3.05, 3.63) is 106 Å². The van der Waals surface area contributed by atoms with Gasteiger partial charge < -0.3 is 15.0 Å². The fourth-order valence-electron chi connectivity index (χ4n) is 4.98. The lowest BCUT2D eigenvalue weighted by Gasteiger charge is -2.25. The minimum Gasteiger partial charge on any atom is -0.481 e. The molecule has 0 fully saturated rings. The van der Waals surface area contributed by atoms with Crippen LogP contribution in [-0.2, 0) is 9.59 Å². The first-order chi connectivity index (χ1) is 19.1. The van der Waals surface area contributed by atoms with E-state index in [1.165, 1.54) is 10.6 Å². The van der Waals surface area contributed by atoms with E-state index in [2.05, 4.69) is 15.3 Å². The minimum absolute atomic E-state index is 0.0908. The highest BCUT2D eigenvalue weighted by Gasteiger charge is 2.27. The van der Waals surface area contributed by atoms with Gasteiger partial charge in [-0.15, -0.1) is 0 Å². The maximum atomic E-state index is 13.8. The molecule has 4 rings (SSSR count). The number of aliphatic carboxylic acids is 1. The molecule has 0 spiro atoms. The Kier molecular flexibility index (Phi) is 8.89. The highest BCUT2D eigenvalue weighted by Crippen LogP contribution is 2.30. The van der Waals surface area contributed by atoms with E-state index >= 15 is 0 Å². The van der Waals surface area contributed by atoms with Crippen LogP contribution >= 0.6 is 0 Å². The molecule has 8 nitrogen and oxygen atoms in total. The highest BCUT2D eigenvalue weighted by molar-refractivity contribution is 5.82.